The van der Waals surface area contributed by atoms with Crippen molar-refractivity contribution in [2.24, 2.45) is 0 Å². The van der Waals surface area contributed by atoms with Crippen LogP contribution < -0.4 is 9.04 Å². The third-order valence-corrected chi connectivity index (χ3v) is 7.59. The van der Waals surface area contributed by atoms with E-state index in [2.05, 4.69) is 22.5 Å². The summed E-state index contributed by atoms with van der Waals surface area (Å²) in [5.74, 6) is 0.668. The summed E-state index contributed by atoms with van der Waals surface area (Å²) in [7, 11) is -2.23. The van der Waals surface area contributed by atoms with Crippen LogP contribution in [-0.4, -0.2) is 15.5 Å². The van der Waals surface area contributed by atoms with Gasteiger partial charge in [-0.05, 0) is 67.8 Å². The van der Waals surface area contributed by atoms with Gasteiger partial charge < -0.3 is 4.74 Å². The summed E-state index contributed by atoms with van der Waals surface area (Å²) in [5, 5.41) is 0. The summed E-state index contributed by atoms with van der Waals surface area (Å²) in [6.45, 7) is 7.93. The van der Waals surface area contributed by atoms with E-state index in [1.54, 1.807) is 25.3 Å². The molecule has 162 valence electrons. The highest BCUT2D eigenvalue weighted by molar-refractivity contribution is 9.10. The largest absolute Gasteiger partial charge is 0.497 e. The number of ether oxygens (including phenoxy) is 1. The molecule has 0 amide bonds. The highest BCUT2D eigenvalue weighted by atomic mass is 79.9. The van der Waals surface area contributed by atoms with Gasteiger partial charge in [-0.15, -0.1) is 6.58 Å². The third kappa shape index (κ3) is 5.20. The number of anilines is 1. The second-order valence-corrected chi connectivity index (χ2v) is 10.1. The average Bonchev–Trinajstić information content (AvgIpc) is 2.74. The van der Waals surface area contributed by atoms with Crippen molar-refractivity contribution in [3.63, 3.8) is 0 Å². The Balaban J connectivity index is 2.20. The van der Waals surface area contributed by atoms with Gasteiger partial charge in [-0.1, -0.05) is 57.4 Å². The highest BCUT2D eigenvalue weighted by Crippen LogP contribution is 2.33. The molecule has 0 N–H and O–H groups in total. The minimum Gasteiger partial charge on any atom is -0.497 e. The zero-order valence-corrected chi connectivity index (χ0v) is 20.3. The van der Waals surface area contributed by atoms with Crippen molar-refractivity contribution in [3.8, 4) is 5.75 Å². The number of hydrogen-bond acceptors (Lipinski definition) is 3. The minimum atomic E-state index is -3.82. The first kappa shape index (κ1) is 23.1. The van der Waals surface area contributed by atoms with E-state index in [1.165, 1.54) is 4.31 Å². The Hall–Kier alpha value is -2.57. The number of hydrogen-bond donors (Lipinski definition) is 0. The fourth-order valence-electron chi connectivity index (χ4n) is 3.37. The molecule has 0 heterocycles. The first-order valence-electron chi connectivity index (χ1n) is 9.88. The standard InChI is InChI=1S/C25H26BrNO3S/c1-5-6-20-15-19(3)9-14-25(20)27(17-21-16-22(30-4)10-13-24(21)26)31(28,29)23-11-7-18(2)8-12-23/h5,7-16H,1,6,17H2,2-4H3. The predicted molar refractivity (Wildman–Crippen MR) is 130 cm³/mol. The molecular weight excluding hydrogens is 474 g/mol. The number of sulfonamides is 1. The van der Waals surface area contributed by atoms with Crippen LogP contribution in [-0.2, 0) is 23.0 Å². The summed E-state index contributed by atoms with van der Waals surface area (Å²) < 4.78 is 35.3. The number of halogens is 1. The molecule has 3 aromatic rings. The summed E-state index contributed by atoms with van der Waals surface area (Å²) >= 11 is 3.56. The number of aryl methyl sites for hydroxylation is 2. The molecule has 0 aliphatic heterocycles. The first-order valence-corrected chi connectivity index (χ1v) is 12.1. The van der Waals surface area contributed by atoms with Crippen LogP contribution >= 0.6 is 15.9 Å². The van der Waals surface area contributed by atoms with E-state index >= 15 is 0 Å². The molecule has 0 radical (unpaired) electrons. The Labute approximate surface area is 193 Å². The normalized spacial score (nSPS) is 11.2. The molecule has 0 saturated carbocycles. The highest BCUT2D eigenvalue weighted by Gasteiger charge is 2.27. The summed E-state index contributed by atoms with van der Waals surface area (Å²) in [4.78, 5) is 0.252. The van der Waals surface area contributed by atoms with E-state index in [4.69, 9.17) is 4.74 Å². The van der Waals surface area contributed by atoms with Gasteiger partial charge in [0.1, 0.15) is 5.75 Å². The summed E-state index contributed by atoms with van der Waals surface area (Å²) in [5.41, 5.74) is 4.42. The van der Waals surface area contributed by atoms with E-state index in [-0.39, 0.29) is 11.4 Å². The van der Waals surface area contributed by atoms with Crippen LogP contribution in [0.15, 0.2) is 82.7 Å². The molecule has 3 rings (SSSR count). The summed E-state index contributed by atoms with van der Waals surface area (Å²) in [6.07, 6.45) is 2.35. The number of rotatable bonds is 8. The van der Waals surface area contributed by atoms with Gasteiger partial charge in [0, 0.05) is 4.47 Å². The Morgan fingerprint density at radius 2 is 1.65 bits per heavy atom. The Morgan fingerprint density at radius 1 is 0.968 bits per heavy atom. The molecule has 0 unspecified atom stereocenters. The van der Waals surface area contributed by atoms with Gasteiger partial charge in [-0.3, -0.25) is 4.31 Å². The number of nitrogens with zero attached hydrogens (tertiary/aromatic N) is 1. The zero-order chi connectivity index (χ0) is 22.6. The smallest absolute Gasteiger partial charge is 0.264 e. The van der Waals surface area contributed by atoms with Gasteiger partial charge >= 0.3 is 0 Å². The lowest BCUT2D eigenvalue weighted by atomic mass is 10.1. The van der Waals surface area contributed by atoms with Crippen molar-refractivity contribution in [2.45, 2.75) is 31.7 Å². The second kappa shape index (κ2) is 9.71. The quantitative estimate of drug-likeness (QED) is 0.346. The monoisotopic (exact) mass is 499 g/mol. The van der Waals surface area contributed by atoms with Crippen molar-refractivity contribution >= 4 is 31.6 Å². The fourth-order valence-corrected chi connectivity index (χ4v) is 5.22. The van der Waals surface area contributed by atoms with Crippen molar-refractivity contribution in [1.29, 1.82) is 0 Å². The molecule has 0 saturated heterocycles. The van der Waals surface area contributed by atoms with Gasteiger partial charge in [-0.2, -0.15) is 0 Å². The molecule has 3 aromatic carbocycles. The zero-order valence-electron chi connectivity index (χ0n) is 17.9. The Morgan fingerprint density at radius 3 is 2.29 bits per heavy atom. The van der Waals surface area contributed by atoms with E-state index in [0.29, 0.717) is 17.9 Å². The summed E-state index contributed by atoms with van der Waals surface area (Å²) in [6, 6.07) is 18.3. The van der Waals surface area contributed by atoms with Crippen LogP contribution in [0.2, 0.25) is 0 Å². The van der Waals surface area contributed by atoms with E-state index in [0.717, 1.165) is 26.7 Å². The van der Waals surface area contributed by atoms with Crippen LogP contribution in [0.25, 0.3) is 0 Å². The number of methoxy groups -OCH3 is 1. The van der Waals surface area contributed by atoms with Crippen LogP contribution in [0.5, 0.6) is 5.75 Å². The van der Waals surface area contributed by atoms with Crippen molar-refractivity contribution < 1.29 is 13.2 Å². The molecule has 0 fully saturated rings. The molecule has 0 atom stereocenters. The first-order chi connectivity index (χ1) is 14.8. The minimum absolute atomic E-state index is 0.154. The molecule has 6 heteroatoms. The van der Waals surface area contributed by atoms with Gasteiger partial charge in [0.05, 0.1) is 24.2 Å². The van der Waals surface area contributed by atoms with Crippen LogP contribution in [0, 0.1) is 13.8 Å². The van der Waals surface area contributed by atoms with E-state index in [1.807, 2.05) is 62.4 Å². The molecular formula is C25H26BrNO3S. The maximum atomic E-state index is 13.8. The SMILES string of the molecule is C=CCc1cc(C)ccc1N(Cc1cc(OC)ccc1Br)S(=O)(=O)c1ccc(C)cc1. The van der Waals surface area contributed by atoms with Crippen LogP contribution in [0.4, 0.5) is 5.69 Å². The fraction of sp³-hybridized carbons (Fsp3) is 0.200. The van der Waals surface area contributed by atoms with Crippen LogP contribution in [0.1, 0.15) is 22.3 Å². The molecule has 31 heavy (non-hydrogen) atoms. The van der Waals surface area contributed by atoms with Gasteiger partial charge in [0.15, 0.2) is 0 Å². The van der Waals surface area contributed by atoms with Crippen molar-refractivity contribution in [2.75, 3.05) is 11.4 Å². The maximum Gasteiger partial charge on any atom is 0.264 e. The lowest BCUT2D eigenvalue weighted by Gasteiger charge is -2.27. The Bertz CT molecular complexity index is 1190. The second-order valence-electron chi connectivity index (χ2n) is 7.41. The molecule has 4 nitrogen and oxygen atoms in total. The molecule has 0 spiro atoms. The average molecular weight is 500 g/mol. The number of allylic oxidation sites excluding steroid dienone is 1. The topological polar surface area (TPSA) is 46.6 Å². The third-order valence-electron chi connectivity index (χ3n) is 5.04. The lowest BCUT2D eigenvalue weighted by Crippen LogP contribution is -2.31. The molecule has 0 bridgehead atoms. The van der Waals surface area contributed by atoms with Gasteiger partial charge in [-0.25, -0.2) is 8.42 Å². The maximum absolute atomic E-state index is 13.8. The van der Waals surface area contributed by atoms with Crippen LogP contribution in [0.3, 0.4) is 0 Å². The molecule has 0 aromatic heterocycles. The number of benzene rings is 3. The molecule has 0 aliphatic rings. The predicted octanol–water partition coefficient (Wildman–Crippen LogP) is 6.20. The van der Waals surface area contributed by atoms with Crippen molar-refractivity contribution in [3.05, 3.63) is 100 Å². The molecule has 0 aliphatic carbocycles. The van der Waals surface area contributed by atoms with E-state index < -0.39 is 10.0 Å². The Kier molecular flexibility index (Phi) is 7.23. The van der Waals surface area contributed by atoms with E-state index in [9.17, 15) is 8.42 Å². The lowest BCUT2D eigenvalue weighted by molar-refractivity contribution is 0.414. The van der Waals surface area contributed by atoms with Gasteiger partial charge in [0.2, 0.25) is 0 Å². The van der Waals surface area contributed by atoms with Crippen molar-refractivity contribution in [1.82, 2.24) is 0 Å². The van der Waals surface area contributed by atoms with Gasteiger partial charge in [0.25, 0.3) is 10.0 Å².